The van der Waals surface area contributed by atoms with E-state index < -0.39 is 18.3 Å². The number of rotatable bonds is 11. The molecule has 7 heteroatoms. The molecule has 1 aliphatic carbocycles. The number of primary amides is 1. The highest BCUT2D eigenvalue weighted by Gasteiger charge is 2.39. The van der Waals surface area contributed by atoms with Gasteiger partial charge in [-0.3, -0.25) is 4.79 Å². The Morgan fingerprint density at radius 1 is 1.38 bits per heavy atom. The maximum absolute atomic E-state index is 10.7. The van der Waals surface area contributed by atoms with Crippen LogP contribution in [0.1, 0.15) is 49.0 Å². The van der Waals surface area contributed by atoms with Crippen LogP contribution >= 0.6 is 27.3 Å². The first-order chi connectivity index (χ1) is 13.8. The summed E-state index contributed by atoms with van der Waals surface area (Å²) >= 11 is 5.21. The summed E-state index contributed by atoms with van der Waals surface area (Å²) < 4.78 is 1.13. The highest BCUT2D eigenvalue weighted by Crippen LogP contribution is 2.36. The predicted octanol–water partition coefficient (Wildman–Crippen LogP) is 3.63. The Bertz CT molecular complexity index is 698. The van der Waals surface area contributed by atoms with Crippen LogP contribution in [0, 0.1) is 18.8 Å². The van der Waals surface area contributed by atoms with Crippen LogP contribution in [0.5, 0.6) is 0 Å². The second-order valence-corrected chi connectivity index (χ2v) is 10.3. The first-order valence-corrected chi connectivity index (χ1v) is 11.8. The van der Waals surface area contributed by atoms with E-state index in [4.69, 9.17) is 5.73 Å². The number of carbonyl (C=O) groups is 1. The molecule has 0 bridgehead atoms. The van der Waals surface area contributed by atoms with Gasteiger partial charge in [0.2, 0.25) is 5.91 Å². The van der Waals surface area contributed by atoms with E-state index in [2.05, 4.69) is 28.9 Å². The number of carbonyl (C=O) groups excluding carboxylic acids is 1. The number of hydrogen-bond acceptors (Lipinski definition) is 5. The Labute approximate surface area is 185 Å². The summed E-state index contributed by atoms with van der Waals surface area (Å²) in [7, 11) is 0. The lowest BCUT2D eigenvalue weighted by Gasteiger charge is -2.19. The van der Waals surface area contributed by atoms with Gasteiger partial charge in [-0.05, 0) is 72.5 Å². The topological polar surface area (TPSA) is 104 Å². The predicted molar refractivity (Wildman–Crippen MR) is 121 cm³/mol. The summed E-state index contributed by atoms with van der Waals surface area (Å²) in [6.07, 6.45) is 10.2. The van der Waals surface area contributed by atoms with Crippen LogP contribution in [0.3, 0.4) is 0 Å². The molecule has 1 aromatic rings. The van der Waals surface area contributed by atoms with Crippen molar-refractivity contribution in [1.82, 2.24) is 0 Å². The molecule has 4 unspecified atom stereocenters. The summed E-state index contributed by atoms with van der Waals surface area (Å²) in [4.78, 5) is 12.0. The Morgan fingerprint density at radius 3 is 2.79 bits per heavy atom. The van der Waals surface area contributed by atoms with Gasteiger partial charge in [-0.15, -0.1) is 11.3 Å². The minimum absolute atomic E-state index is 0.0725. The first-order valence-electron chi connectivity index (χ1n) is 10.2. The van der Waals surface area contributed by atoms with E-state index in [1.807, 2.05) is 18.2 Å². The van der Waals surface area contributed by atoms with Crippen molar-refractivity contribution in [2.45, 2.75) is 70.2 Å². The monoisotopic (exact) mass is 485 g/mol. The lowest BCUT2D eigenvalue weighted by atomic mass is 9.89. The normalized spacial score (nSPS) is 26.0. The Kier molecular flexibility index (Phi) is 10.1. The number of thiophene rings is 1. The molecule has 0 aliphatic heterocycles. The summed E-state index contributed by atoms with van der Waals surface area (Å²) in [5.41, 5.74) is 6.34. The number of hydrogen-bond donors (Lipinski definition) is 4. The fraction of sp³-hybridized carbons (Fsp3) is 0.591. The van der Waals surface area contributed by atoms with Crippen LogP contribution < -0.4 is 5.73 Å². The highest BCUT2D eigenvalue weighted by molar-refractivity contribution is 9.11. The number of aliphatic hydroxyl groups excluding tert-OH is 3. The third-order valence-corrected chi connectivity index (χ3v) is 7.63. The largest absolute Gasteiger partial charge is 0.393 e. The van der Waals surface area contributed by atoms with Gasteiger partial charge in [-0.25, -0.2) is 0 Å². The molecule has 5 atom stereocenters. The van der Waals surface area contributed by atoms with Crippen molar-refractivity contribution in [2.75, 3.05) is 0 Å². The lowest BCUT2D eigenvalue weighted by molar-refractivity contribution is -0.118. The lowest BCUT2D eigenvalue weighted by Crippen LogP contribution is -2.20. The fourth-order valence-corrected chi connectivity index (χ4v) is 5.41. The molecule has 1 amide bonds. The molecule has 162 valence electrons. The van der Waals surface area contributed by atoms with Gasteiger partial charge in [0.15, 0.2) is 0 Å². The van der Waals surface area contributed by atoms with Crippen molar-refractivity contribution in [2.24, 2.45) is 17.6 Å². The van der Waals surface area contributed by atoms with Crippen LogP contribution in [0.15, 0.2) is 34.2 Å². The van der Waals surface area contributed by atoms with Crippen molar-refractivity contribution in [3.63, 3.8) is 0 Å². The smallest absolute Gasteiger partial charge is 0.217 e. The van der Waals surface area contributed by atoms with Gasteiger partial charge in [0.25, 0.3) is 0 Å². The summed E-state index contributed by atoms with van der Waals surface area (Å²) in [5, 5.41) is 30.9. The van der Waals surface area contributed by atoms with Crippen LogP contribution in [-0.4, -0.2) is 39.5 Å². The van der Waals surface area contributed by atoms with Crippen molar-refractivity contribution < 1.29 is 20.1 Å². The molecule has 1 aromatic heterocycles. The number of allylic oxidation sites excluding steroid dienone is 2. The maximum Gasteiger partial charge on any atom is 0.217 e. The fourth-order valence-electron chi connectivity index (χ4n) is 3.76. The molecule has 0 spiro atoms. The Balaban J connectivity index is 1.83. The zero-order valence-electron chi connectivity index (χ0n) is 16.8. The molecular formula is C22H32BrNO4S. The Hall–Kier alpha value is -0.990. The first kappa shape index (κ1) is 24.3. The minimum atomic E-state index is -0.599. The average Bonchev–Trinajstić information content (AvgIpc) is 3.11. The van der Waals surface area contributed by atoms with E-state index >= 15 is 0 Å². The maximum atomic E-state index is 10.7. The van der Waals surface area contributed by atoms with Crippen molar-refractivity contribution in [3.8, 4) is 0 Å². The molecule has 0 radical (unpaired) electrons. The highest BCUT2D eigenvalue weighted by atomic mass is 79.9. The molecule has 1 heterocycles. The van der Waals surface area contributed by atoms with E-state index in [0.29, 0.717) is 25.7 Å². The second-order valence-electron chi connectivity index (χ2n) is 7.84. The van der Waals surface area contributed by atoms with Crippen molar-refractivity contribution in [1.29, 1.82) is 0 Å². The van der Waals surface area contributed by atoms with Gasteiger partial charge in [0.1, 0.15) is 0 Å². The molecule has 29 heavy (non-hydrogen) atoms. The zero-order chi connectivity index (χ0) is 21.4. The van der Waals surface area contributed by atoms with Gasteiger partial charge in [0, 0.05) is 23.6 Å². The third-order valence-electron chi connectivity index (χ3n) is 5.43. The summed E-state index contributed by atoms with van der Waals surface area (Å²) in [5.74, 6) is -0.539. The third kappa shape index (κ3) is 7.98. The van der Waals surface area contributed by atoms with Crippen molar-refractivity contribution in [3.05, 3.63) is 44.6 Å². The van der Waals surface area contributed by atoms with Gasteiger partial charge >= 0.3 is 0 Å². The molecule has 0 aromatic carbocycles. The van der Waals surface area contributed by atoms with Crippen molar-refractivity contribution >= 4 is 33.2 Å². The van der Waals surface area contributed by atoms with E-state index in [1.165, 1.54) is 10.4 Å². The van der Waals surface area contributed by atoms with E-state index in [1.54, 1.807) is 17.4 Å². The van der Waals surface area contributed by atoms with Gasteiger partial charge in [-0.2, -0.15) is 0 Å². The average molecular weight is 486 g/mol. The van der Waals surface area contributed by atoms with Gasteiger partial charge in [0.05, 0.1) is 22.1 Å². The van der Waals surface area contributed by atoms with Crippen LogP contribution in [0.25, 0.3) is 0 Å². The number of amides is 1. The molecule has 1 saturated carbocycles. The number of aryl methyl sites for hydroxylation is 2. The molecular weight excluding hydrogens is 454 g/mol. The minimum Gasteiger partial charge on any atom is -0.393 e. The van der Waals surface area contributed by atoms with E-state index in [9.17, 15) is 20.1 Å². The molecule has 2 rings (SSSR count). The van der Waals surface area contributed by atoms with Crippen LogP contribution in [0.4, 0.5) is 0 Å². The summed E-state index contributed by atoms with van der Waals surface area (Å²) in [6.45, 7) is 2.06. The quantitative estimate of drug-likeness (QED) is 0.283. The number of unbranched alkanes of at least 4 members (excludes halogenated alkanes) is 1. The molecule has 0 saturated heterocycles. The van der Waals surface area contributed by atoms with Gasteiger partial charge in [-0.1, -0.05) is 24.3 Å². The number of halogens is 1. The summed E-state index contributed by atoms with van der Waals surface area (Å²) in [6, 6.07) is 2.13. The molecule has 1 aliphatic rings. The number of nitrogens with two attached hydrogens (primary N) is 1. The molecule has 5 N–H and O–H groups in total. The standard InChI is InChI=1S/C22H32BrNO4S/c1-14-12-16(29-22(14)23)10-8-15(25)9-11-18-17(19(26)13-20(18)27)6-4-2-3-5-7-21(24)28/h2,4,9,11-12,15,17-20,25-27H,3,5-8,10,13H2,1H3,(H2,24,28)/t15?,17-,18?,19?,20?/m1/s1. The SMILES string of the molecule is Cc1cc(CCC(O)C=CC2C(O)CC(O)[C@@H]2CC=CCCCC(N)=O)sc1Br. The molecule has 1 fully saturated rings. The van der Waals surface area contributed by atoms with E-state index in [0.717, 1.165) is 23.0 Å². The Morgan fingerprint density at radius 2 is 2.14 bits per heavy atom. The van der Waals surface area contributed by atoms with Crippen LogP contribution in [0.2, 0.25) is 0 Å². The second kappa shape index (κ2) is 12.0. The molecule has 5 nitrogen and oxygen atoms in total. The van der Waals surface area contributed by atoms with E-state index in [-0.39, 0.29) is 17.7 Å². The number of aliphatic hydroxyl groups is 3. The van der Waals surface area contributed by atoms with Gasteiger partial charge < -0.3 is 21.1 Å². The zero-order valence-corrected chi connectivity index (χ0v) is 19.2. The van der Waals surface area contributed by atoms with Crippen LogP contribution in [-0.2, 0) is 11.2 Å².